The van der Waals surface area contributed by atoms with Gasteiger partial charge < -0.3 is 15.0 Å². The monoisotopic (exact) mass is 448 g/mol. The molecule has 3 N–H and O–H groups in total. The molecule has 10 nitrogen and oxygen atoms in total. The number of nitrogens with zero attached hydrogens (tertiary/aromatic N) is 5. The summed E-state index contributed by atoms with van der Waals surface area (Å²) in [6.07, 6.45) is 4.71. The van der Waals surface area contributed by atoms with Crippen LogP contribution in [-0.4, -0.2) is 71.5 Å². The van der Waals surface area contributed by atoms with Crippen molar-refractivity contribution in [1.29, 1.82) is 0 Å². The number of anilines is 2. The molecule has 0 radical (unpaired) electrons. The van der Waals surface area contributed by atoms with E-state index in [1.54, 1.807) is 0 Å². The summed E-state index contributed by atoms with van der Waals surface area (Å²) < 4.78 is 5.43. The molecule has 1 saturated heterocycles. The van der Waals surface area contributed by atoms with Gasteiger partial charge in [-0.1, -0.05) is 6.07 Å². The molecule has 0 atom stereocenters. The number of urea groups is 1. The number of carbonyl (C=O) groups is 1. The smallest absolute Gasteiger partial charge is 0.321 e. The van der Waals surface area contributed by atoms with Gasteiger partial charge in [-0.2, -0.15) is 5.10 Å². The Bertz CT molecular complexity index is 1150. The van der Waals surface area contributed by atoms with Crippen molar-refractivity contribution in [3.63, 3.8) is 0 Å². The summed E-state index contributed by atoms with van der Waals surface area (Å²) in [4.78, 5) is 26.9. The van der Waals surface area contributed by atoms with E-state index in [9.17, 15) is 4.79 Å². The molecule has 33 heavy (non-hydrogen) atoms. The normalized spacial score (nSPS) is 16.5. The van der Waals surface area contributed by atoms with E-state index in [2.05, 4.69) is 48.8 Å². The second-order valence-electron chi connectivity index (χ2n) is 8.10. The van der Waals surface area contributed by atoms with Gasteiger partial charge in [0.2, 0.25) is 5.95 Å². The minimum absolute atomic E-state index is 0.294. The van der Waals surface area contributed by atoms with Crippen LogP contribution in [0.5, 0.6) is 0 Å². The Balaban J connectivity index is 1.44. The number of imidazole rings is 1. The van der Waals surface area contributed by atoms with Crippen molar-refractivity contribution in [2.24, 2.45) is 5.10 Å². The van der Waals surface area contributed by atoms with E-state index in [4.69, 9.17) is 9.72 Å². The number of aromatic nitrogens is 3. The summed E-state index contributed by atoms with van der Waals surface area (Å²) in [5.41, 5.74) is 5.56. The molecule has 0 unspecified atom stereocenters. The maximum Gasteiger partial charge on any atom is 0.321 e. The Hall–Kier alpha value is -3.50. The summed E-state index contributed by atoms with van der Waals surface area (Å²) in [5, 5.41) is 11.9. The Morgan fingerprint density at radius 1 is 1.18 bits per heavy atom. The highest BCUT2D eigenvalue weighted by molar-refractivity contribution is 5.97. The summed E-state index contributed by atoms with van der Waals surface area (Å²) in [6.45, 7) is 7.46. The van der Waals surface area contributed by atoms with E-state index in [0.717, 1.165) is 79.4 Å². The summed E-state index contributed by atoms with van der Waals surface area (Å²) in [5.74, 6) is 0.400. The minimum atomic E-state index is -0.294. The third-order valence-electron chi connectivity index (χ3n) is 5.76. The summed E-state index contributed by atoms with van der Waals surface area (Å²) in [6, 6.07) is 7.99. The van der Waals surface area contributed by atoms with Crippen LogP contribution in [0.25, 0.3) is 22.2 Å². The molecule has 1 fully saturated rings. The van der Waals surface area contributed by atoms with Crippen LogP contribution in [0.2, 0.25) is 0 Å². The first-order valence-corrected chi connectivity index (χ1v) is 11.3. The van der Waals surface area contributed by atoms with Gasteiger partial charge in [0, 0.05) is 57.1 Å². The third-order valence-corrected chi connectivity index (χ3v) is 5.76. The number of pyridine rings is 1. The van der Waals surface area contributed by atoms with Gasteiger partial charge in [0.1, 0.15) is 0 Å². The van der Waals surface area contributed by atoms with Gasteiger partial charge in [-0.15, -0.1) is 0 Å². The maximum atomic E-state index is 12.0. The highest BCUT2D eigenvalue weighted by Crippen LogP contribution is 2.34. The first-order valence-electron chi connectivity index (χ1n) is 11.3. The highest BCUT2D eigenvalue weighted by atomic mass is 16.5. The predicted molar refractivity (Wildman–Crippen MR) is 129 cm³/mol. The lowest BCUT2D eigenvalue weighted by Crippen LogP contribution is -2.35. The predicted octanol–water partition coefficient (Wildman–Crippen LogP) is 2.79. The lowest BCUT2D eigenvalue weighted by atomic mass is 10.0. The molecule has 0 spiro atoms. The number of hydrazone groups is 1. The molecule has 3 aromatic rings. The molecule has 5 rings (SSSR count). The van der Waals surface area contributed by atoms with E-state index >= 15 is 0 Å². The first kappa shape index (κ1) is 21.4. The number of amides is 2. The van der Waals surface area contributed by atoms with Crippen LogP contribution >= 0.6 is 0 Å². The van der Waals surface area contributed by atoms with E-state index in [1.165, 1.54) is 0 Å². The summed E-state index contributed by atoms with van der Waals surface area (Å²) >= 11 is 0. The number of nitrogens with one attached hydrogen (secondary N) is 3. The second kappa shape index (κ2) is 9.55. The molecule has 4 heterocycles. The Kier molecular flexibility index (Phi) is 6.18. The number of hydrogen-bond donors (Lipinski definition) is 3. The van der Waals surface area contributed by atoms with Crippen LogP contribution < -0.4 is 15.6 Å². The molecule has 0 saturated carbocycles. The number of ether oxygens (including phenoxy) is 1. The molecule has 10 heteroatoms. The SMILES string of the molecule is CCNC(=O)Nc1nc2cc(-c3ccc(CN4CCOCC4)nc3)cc(N3CCC=N3)c2[nH]1. The van der Waals surface area contributed by atoms with Crippen molar-refractivity contribution < 1.29 is 9.53 Å². The zero-order chi connectivity index (χ0) is 22.6. The van der Waals surface area contributed by atoms with Gasteiger partial charge in [0.05, 0.1) is 35.6 Å². The fourth-order valence-electron chi connectivity index (χ4n) is 4.09. The van der Waals surface area contributed by atoms with Crippen molar-refractivity contribution in [3.05, 3.63) is 36.2 Å². The van der Waals surface area contributed by atoms with E-state index in [0.29, 0.717) is 12.5 Å². The maximum absolute atomic E-state index is 12.0. The van der Waals surface area contributed by atoms with Crippen molar-refractivity contribution in [1.82, 2.24) is 25.2 Å². The highest BCUT2D eigenvalue weighted by Gasteiger charge is 2.18. The van der Waals surface area contributed by atoms with Crippen LogP contribution in [0.1, 0.15) is 19.0 Å². The molecule has 2 amide bonds. The molecule has 172 valence electrons. The summed E-state index contributed by atoms with van der Waals surface area (Å²) in [7, 11) is 0. The molecular weight excluding hydrogens is 420 g/mol. The fraction of sp³-hybridized carbons (Fsp3) is 0.391. The second-order valence-corrected chi connectivity index (χ2v) is 8.10. The quantitative estimate of drug-likeness (QED) is 0.535. The van der Waals surface area contributed by atoms with Crippen molar-refractivity contribution in [3.8, 4) is 11.1 Å². The number of carbonyl (C=O) groups excluding carboxylic acids is 1. The van der Waals surface area contributed by atoms with Crippen molar-refractivity contribution in [2.75, 3.05) is 49.7 Å². The van der Waals surface area contributed by atoms with Crippen LogP contribution in [0.15, 0.2) is 35.6 Å². The van der Waals surface area contributed by atoms with Gasteiger partial charge in [-0.3, -0.25) is 20.2 Å². The van der Waals surface area contributed by atoms with Crippen molar-refractivity contribution in [2.45, 2.75) is 19.9 Å². The van der Waals surface area contributed by atoms with Gasteiger partial charge >= 0.3 is 6.03 Å². The molecule has 1 aromatic carbocycles. The van der Waals surface area contributed by atoms with Crippen LogP contribution in [0, 0.1) is 0 Å². The van der Waals surface area contributed by atoms with E-state index in [-0.39, 0.29) is 6.03 Å². The molecular formula is C23H28N8O2. The lowest BCUT2D eigenvalue weighted by molar-refractivity contribution is 0.0336. The number of H-pyrrole nitrogens is 1. The topological polar surface area (TPSA) is 111 Å². The lowest BCUT2D eigenvalue weighted by Gasteiger charge is -2.26. The zero-order valence-electron chi connectivity index (χ0n) is 18.7. The molecule has 0 aliphatic carbocycles. The molecule has 0 bridgehead atoms. The number of aromatic amines is 1. The minimum Gasteiger partial charge on any atom is -0.379 e. The van der Waals surface area contributed by atoms with Crippen molar-refractivity contribution >= 4 is 34.9 Å². The van der Waals surface area contributed by atoms with Crippen LogP contribution in [0.3, 0.4) is 0 Å². The van der Waals surface area contributed by atoms with E-state index in [1.807, 2.05) is 30.4 Å². The number of hydrogen-bond acceptors (Lipinski definition) is 7. The Morgan fingerprint density at radius 2 is 2.06 bits per heavy atom. The standard InChI is InChI=1S/C23H28N8O2/c1-2-24-23(32)29-22-27-19-12-17(13-20(21(19)28-22)31-7-3-6-26-31)16-4-5-18(25-14-16)15-30-8-10-33-11-9-30/h4-6,12-14H,2-3,7-11,15H2,1H3,(H3,24,27,28,29,32). The number of fused-ring (bicyclic) bond motifs is 1. The Labute approximate surface area is 192 Å². The number of benzene rings is 1. The largest absolute Gasteiger partial charge is 0.379 e. The molecule has 2 aliphatic heterocycles. The van der Waals surface area contributed by atoms with Gasteiger partial charge in [-0.05, 0) is 30.7 Å². The van der Waals surface area contributed by atoms with Gasteiger partial charge in [-0.25, -0.2) is 9.78 Å². The van der Waals surface area contributed by atoms with E-state index < -0.39 is 0 Å². The van der Waals surface area contributed by atoms with Gasteiger partial charge in [0.25, 0.3) is 0 Å². The number of morpholine rings is 1. The zero-order valence-corrected chi connectivity index (χ0v) is 18.7. The first-order chi connectivity index (χ1) is 16.2. The fourth-order valence-corrected chi connectivity index (χ4v) is 4.09. The third kappa shape index (κ3) is 4.81. The Morgan fingerprint density at radius 3 is 2.79 bits per heavy atom. The molecule has 2 aliphatic rings. The van der Waals surface area contributed by atoms with Gasteiger partial charge in [0.15, 0.2) is 0 Å². The average molecular weight is 449 g/mol. The average Bonchev–Trinajstić information content (AvgIpc) is 3.49. The number of rotatable bonds is 6. The molecule has 2 aromatic heterocycles. The van der Waals surface area contributed by atoms with Crippen LogP contribution in [0.4, 0.5) is 16.4 Å². The van der Waals surface area contributed by atoms with Crippen LogP contribution in [-0.2, 0) is 11.3 Å².